The van der Waals surface area contributed by atoms with Crippen molar-refractivity contribution in [3.8, 4) is 5.75 Å². The normalized spacial score (nSPS) is 23.8. The smallest absolute Gasteiger partial charge is 0.236 e. The molecule has 2 heterocycles. The molecule has 0 spiro atoms. The summed E-state index contributed by atoms with van der Waals surface area (Å²) in [5.74, 6) is -0.00515. The van der Waals surface area contributed by atoms with Crippen molar-refractivity contribution in [3.63, 3.8) is 0 Å². The van der Waals surface area contributed by atoms with Gasteiger partial charge in [-0.2, -0.15) is 0 Å². The highest BCUT2D eigenvalue weighted by atomic mass is 35.5. The zero-order chi connectivity index (χ0) is 23.0. The first kappa shape index (κ1) is 22.8. The third-order valence-corrected chi connectivity index (χ3v) is 6.82. The zero-order valence-corrected chi connectivity index (χ0v) is 20.3. The number of nitrogens with zero attached hydrogens (tertiary/aromatic N) is 1. The Hall–Kier alpha value is -2.35. The molecule has 8 heteroatoms. The van der Waals surface area contributed by atoms with Gasteiger partial charge in [0, 0.05) is 36.5 Å². The van der Waals surface area contributed by atoms with Crippen molar-refractivity contribution >= 4 is 40.5 Å². The van der Waals surface area contributed by atoms with E-state index in [1.165, 1.54) is 0 Å². The number of hydrogen-bond acceptors (Lipinski definition) is 4. The maximum absolute atomic E-state index is 13.7. The first-order valence-electron chi connectivity index (χ1n) is 10.7. The van der Waals surface area contributed by atoms with Crippen LogP contribution in [0.3, 0.4) is 0 Å². The van der Waals surface area contributed by atoms with Crippen LogP contribution in [-0.2, 0) is 9.53 Å². The highest BCUT2D eigenvalue weighted by Gasteiger charge is 2.58. The Kier molecular flexibility index (Phi) is 6.34. The fourth-order valence-electron chi connectivity index (χ4n) is 4.68. The zero-order valence-electron chi connectivity index (χ0n) is 18.7. The number of rotatable bonds is 6. The number of anilines is 1. The van der Waals surface area contributed by atoms with Crippen molar-refractivity contribution in [2.24, 2.45) is 5.92 Å². The molecule has 4 rings (SSSR count). The maximum Gasteiger partial charge on any atom is 0.236 e. The van der Waals surface area contributed by atoms with Gasteiger partial charge >= 0.3 is 0 Å². The molecule has 0 aliphatic carbocycles. The van der Waals surface area contributed by atoms with E-state index in [9.17, 15) is 4.79 Å². The van der Waals surface area contributed by atoms with Crippen LogP contribution in [0.2, 0.25) is 5.02 Å². The highest BCUT2D eigenvalue weighted by Crippen LogP contribution is 2.49. The summed E-state index contributed by atoms with van der Waals surface area (Å²) >= 11 is 12.0. The number of carbonyl (C=O) groups is 1. The Bertz CT molecular complexity index is 1060. The molecular weight excluding hydrogens is 446 g/mol. The number of halogens is 1. The van der Waals surface area contributed by atoms with Gasteiger partial charge in [-0.25, -0.2) is 0 Å². The third kappa shape index (κ3) is 4.05. The van der Waals surface area contributed by atoms with Crippen molar-refractivity contribution in [1.82, 2.24) is 10.2 Å². The molecule has 170 valence electrons. The average molecular weight is 474 g/mol. The molecule has 6 nitrogen and oxygen atoms in total. The lowest BCUT2D eigenvalue weighted by Crippen LogP contribution is -2.71. The molecule has 2 aromatic carbocycles. The summed E-state index contributed by atoms with van der Waals surface area (Å²) in [6.45, 7) is 7.14. The first-order chi connectivity index (χ1) is 15.2. The molecule has 1 fully saturated rings. The van der Waals surface area contributed by atoms with Crippen molar-refractivity contribution in [1.29, 1.82) is 0 Å². The number of carbonyl (C=O) groups excluding carboxylic acids is 1. The van der Waals surface area contributed by atoms with E-state index in [1.807, 2.05) is 49.9 Å². The van der Waals surface area contributed by atoms with Gasteiger partial charge in [-0.05, 0) is 69.2 Å². The van der Waals surface area contributed by atoms with Gasteiger partial charge in [0.15, 0.2) is 10.8 Å². The molecule has 0 radical (unpaired) electrons. The standard InChI is InChI=1S/C24H28ClN3O3S/c1-14-6-8-18(15(2)12-14)26-22(29)20-21-17-13-16(25)7-9-19(17)31-24(20,3)28(23(32)27-21)10-5-11-30-4/h6-9,12-13,20-21H,5,10-11H2,1-4H3,(H,26,29)(H,27,32)/t20-,21+,24+/m1/s1. The van der Waals surface area contributed by atoms with Crippen LogP contribution in [0.1, 0.15) is 36.1 Å². The third-order valence-electron chi connectivity index (χ3n) is 6.25. The van der Waals surface area contributed by atoms with E-state index in [4.69, 9.17) is 33.3 Å². The molecule has 0 unspecified atom stereocenters. The van der Waals surface area contributed by atoms with Gasteiger partial charge in [0.2, 0.25) is 5.91 Å². The fraction of sp³-hybridized carbons (Fsp3) is 0.417. The summed E-state index contributed by atoms with van der Waals surface area (Å²) in [5, 5.41) is 7.65. The van der Waals surface area contributed by atoms with Crippen molar-refractivity contribution < 1.29 is 14.3 Å². The van der Waals surface area contributed by atoms with Crippen LogP contribution in [0.4, 0.5) is 5.69 Å². The molecule has 1 saturated heterocycles. The molecule has 0 saturated carbocycles. The van der Waals surface area contributed by atoms with Gasteiger partial charge in [0.05, 0.1) is 6.04 Å². The first-order valence-corrected chi connectivity index (χ1v) is 11.5. The van der Waals surface area contributed by atoms with Gasteiger partial charge in [0.1, 0.15) is 11.7 Å². The number of aryl methyl sites for hydroxylation is 2. The molecule has 0 aromatic heterocycles. The average Bonchev–Trinajstić information content (AvgIpc) is 2.73. The Morgan fingerprint density at radius 3 is 2.81 bits per heavy atom. The monoisotopic (exact) mass is 473 g/mol. The highest BCUT2D eigenvalue weighted by molar-refractivity contribution is 7.80. The van der Waals surface area contributed by atoms with Crippen LogP contribution in [0.25, 0.3) is 0 Å². The minimum Gasteiger partial charge on any atom is -0.467 e. The lowest BCUT2D eigenvalue weighted by molar-refractivity contribution is -0.149. The van der Waals surface area contributed by atoms with Crippen LogP contribution in [-0.4, -0.2) is 41.9 Å². The van der Waals surface area contributed by atoms with E-state index >= 15 is 0 Å². The molecule has 32 heavy (non-hydrogen) atoms. The second-order valence-electron chi connectivity index (χ2n) is 8.55. The van der Waals surface area contributed by atoms with Crippen LogP contribution in [0, 0.1) is 19.8 Å². The van der Waals surface area contributed by atoms with Gasteiger partial charge in [-0.1, -0.05) is 29.3 Å². The molecule has 2 aromatic rings. The molecule has 2 bridgehead atoms. The van der Waals surface area contributed by atoms with Crippen molar-refractivity contribution in [2.45, 2.75) is 39.0 Å². The summed E-state index contributed by atoms with van der Waals surface area (Å²) in [4.78, 5) is 15.7. The lowest BCUT2D eigenvalue weighted by atomic mass is 9.78. The molecule has 2 N–H and O–H groups in total. The molecule has 2 aliphatic rings. The van der Waals surface area contributed by atoms with E-state index in [1.54, 1.807) is 13.2 Å². The Morgan fingerprint density at radius 1 is 1.31 bits per heavy atom. The summed E-state index contributed by atoms with van der Waals surface area (Å²) < 4.78 is 11.7. The second kappa shape index (κ2) is 8.89. The number of fused-ring (bicyclic) bond motifs is 4. The van der Waals surface area contributed by atoms with Crippen LogP contribution in [0.5, 0.6) is 5.75 Å². The van der Waals surface area contributed by atoms with E-state index in [2.05, 4.69) is 16.7 Å². The SMILES string of the molecule is COCCCN1C(=S)N[C@H]2c3cc(Cl)ccc3O[C@@]1(C)[C@H]2C(=O)Nc1ccc(C)cc1C. The number of hydrogen-bond donors (Lipinski definition) is 2. The van der Waals surface area contributed by atoms with Gasteiger partial charge in [-0.3, -0.25) is 4.79 Å². The summed E-state index contributed by atoms with van der Waals surface area (Å²) in [6.07, 6.45) is 0.751. The number of ether oxygens (including phenoxy) is 2. The van der Waals surface area contributed by atoms with Crippen LogP contribution < -0.4 is 15.4 Å². The minimum atomic E-state index is -0.968. The Morgan fingerprint density at radius 2 is 2.09 bits per heavy atom. The Labute approximate surface area is 199 Å². The predicted molar refractivity (Wildman–Crippen MR) is 130 cm³/mol. The maximum atomic E-state index is 13.7. The molecule has 1 amide bonds. The fourth-order valence-corrected chi connectivity index (χ4v) is 5.26. The quantitative estimate of drug-likeness (QED) is 0.472. The molecule has 3 atom stereocenters. The topological polar surface area (TPSA) is 62.8 Å². The van der Waals surface area contributed by atoms with Gasteiger partial charge in [0.25, 0.3) is 0 Å². The number of methoxy groups -OCH3 is 1. The van der Waals surface area contributed by atoms with Gasteiger partial charge in [-0.15, -0.1) is 0 Å². The van der Waals surface area contributed by atoms with E-state index in [-0.39, 0.29) is 11.9 Å². The van der Waals surface area contributed by atoms with Crippen molar-refractivity contribution in [2.75, 3.05) is 25.6 Å². The molecular formula is C24H28ClN3O3S. The van der Waals surface area contributed by atoms with Crippen LogP contribution >= 0.6 is 23.8 Å². The van der Waals surface area contributed by atoms with Crippen molar-refractivity contribution in [3.05, 3.63) is 58.1 Å². The Balaban J connectivity index is 1.74. The summed E-state index contributed by atoms with van der Waals surface area (Å²) in [6, 6.07) is 11.1. The number of amides is 1. The van der Waals surface area contributed by atoms with E-state index < -0.39 is 11.6 Å². The largest absolute Gasteiger partial charge is 0.467 e. The summed E-state index contributed by atoms with van der Waals surface area (Å²) in [7, 11) is 1.67. The number of benzene rings is 2. The predicted octanol–water partition coefficient (Wildman–Crippen LogP) is 4.59. The van der Waals surface area contributed by atoms with Gasteiger partial charge < -0.3 is 25.0 Å². The second-order valence-corrected chi connectivity index (χ2v) is 9.37. The van der Waals surface area contributed by atoms with Crippen LogP contribution in [0.15, 0.2) is 36.4 Å². The number of nitrogens with one attached hydrogen (secondary N) is 2. The lowest BCUT2D eigenvalue weighted by Gasteiger charge is -2.56. The molecule has 2 aliphatic heterocycles. The summed E-state index contributed by atoms with van der Waals surface area (Å²) in [5.41, 5.74) is 2.80. The number of thiocarbonyl (C=S) groups is 1. The minimum absolute atomic E-state index is 0.137. The van der Waals surface area contributed by atoms with E-state index in [0.717, 1.165) is 28.8 Å². The van der Waals surface area contributed by atoms with E-state index in [0.29, 0.717) is 29.0 Å².